The molecule has 0 aliphatic carbocycles. The van der Waals surface area contributed by atoms with Crippen LogP contribution in [0.1, 0.15) is 32.1 Å². The number of aliphatic carboxylic acids is 1. The van der Waals surface area contributed by atoms with Gasteiger partial charge in [0.25, 0.3) is 0 Å². The van der Waals surface area contributed by atoms with Crippen LogP contribution in [0.3, 0.4) is 0 Å². The highest BCUT2D eigenvalue weighted by atomic mass is 32.2. The molecule has 0 radical (unpaired) electrons. The molecule has 0 aromatic rings. The van der Waals surface area contributed by atoms with E-state index in [-0.39, 0.29) is 12.2 Å². The minimum absolute atomic E-state index is 0.0672. The summed E-state index contributed by atoms with van der Waals surface area (Å²) in [6, 6.07) is 0. The highest BCUT2D eigenvalue weighted by Crippen LogP contribution is 2.32. The number of carboxylic acids is 1. The Labute approximate surface area is 124 Å². The Kier molecular flexibility index (Phi) is 7.28. The molecule has 0 spiro atoms. The molecular formula is C11H24BN3O4S. The van der Waals surface area contributed by atoms with E-state index in [2.05, 4.69) is 0 Å². The number of hydrogen-bond donors (Lipinski definition) is 5. The van der Waals surface area contributed by atoms with Crippen molar-refractivity contribution in [2.45, 2.75) is 44.0 Å². The summed E-state index contributed by atoms with van der Waals surface area (Å²) in [5.74, 6) is -1.04. The van der Waals surface area contributed by atoms with E-state index in [4.69, 9.17) is 20.9 Å². The summed E-state index contributed by atoms with van der Waals surface area (Å²) in [5, 5.41) is 32.5. The normalized spacial score (nSPS) is 20.6. The first-order valence-corrected chi connectivity index (χ1v) is 7.74. The SMILES string of the molecule is NSN1CCC(C(N)(CCCCB(O)O)C(=O)O)CC1. The molecule has 1 aliphatic rings. The molecule has 7 nitrogen and oxygen atoms in total. The zero-order valence-corrected chi connectivity index (χ0v) is 12.4. The van der Waals surface area contributed by atoms with Gasteiger partial charge in [0.1, 0.15) is 5.54 Å². The third-order valence-corrected chi connectivity index (χ3v) is 4.70. The van der Waals surface area contributed by atoms with E-state index in [1.54, 1.807) is 0 Å². The summed E-state index contributed by atoms with van der Waals surface area (Å²) in [6.45, 7) is 1.49. The summed E-state index contributed by atoms with van der Waals surface area (Å²) in [5.41, 5.74) is 4.91. The van der Waals surface area contributed by atoms with Gasteiger partial charge in [-0.15, -0.1) is 0 Å². The summed E-state index contributed by atoms with van der Waals surface area (Å²) in [7, 11) is -1.34. The summed E-state index contributed by atoms with van der Waals surface area (Å²) in [6.07, 6.45) is 3.17. The predicted molar refractivity (Wildman–Crippen MR) is 79.5 cm³/mol. The number of nitrogens with zero attached hydrogens (tertiary/aromatic N) is 1. The van der Waals surface area contributed by atoms with Crippen molar-refractivity contribution in [3.63, 3.8) is 0 Å². The van der Waals surface area contributed by atoms with Crippen molar-refractivity contribution in [3.8, 4) is 0 Å². The van der Waals surface area contributed by atoms with Crippen molar-refractivity contribution >= 4 is 25.2 Å². The minimum atomic E-state index is -1.34. The third-order valence-electron chi connectivity index (χ3n) is 4.03. The van der Waals surface area contributed by atoms with Crippen LogP contribution in [0, 0.1) is 5.92 Å². The molecule has 1 saturated heterocycles. The Bertz CT molecular complexity index is 316. The largest absolute Gasteiger partial charge is 0.480 e. The molecule has 1 atom stereocenters. The van der Waals surface area contributed by atoms with Gasteiger partial charge in [0.05, 0.1) is 0 Å². The number of rotatable bonds is 8. The van der Waals surface area contributed by atoms with E-state index >= 15 is 0 Å². The smallest absolute Gasteiger partial charge is 0.451 e. The Morgan fingerprint density at radius 1 is 1.35 bits per heavy atom. The van der Waals surface area contributed by atoms with Crippen LogP contribution in [0.2, 0.25) is 6.32 Å². The van der Waals surface area contributed by atoms with Crippen LogP contribution in [0.5, 0.6) is 0 Å². The zero-order valence-electron chi connectivity index (χ0n) is 11.6. The van der Waals surface area contributed by atoms with Crippen molar-refractivity contribution in [1.82, 2.24) is 4.31 Å². The molecule has 7 N–H and O–H groups in total. The first-order valence-electron chi connectivity index (χ1n) is 6.90. The second-order valence-electron chi connectivity index (χ2n) is 5.38. The molecule has 1 unspecified atom stereocenters. The second-order valence-corrected chi connectivity index (χ2v) is 6.11. The number of piperidine rings is 1. The summed E-state index contributed by atoms with van der Waals surface area (Å²) >= 11 is 1.18. The van der Waals surface area contributed by atoms with Crippen LogP contribution in [-0.4, -0.2) is 51.2 Å². The van der Waals surface area contributed by atoms with E-state index in [0.717, 1.165) is 25.9 Å². The van der Waals surface area contributed by atoms with E-state index in [1.807, 2.05) is 4.31 Å². The van der Waals surface area contributed by atoms with Crippen molar-refractivity contribution in [2.75, 3.05) is 13.1 Å². The minimum Gasteiger partial charge on any atom is -0.480 e. The molecule has 20 heavy (non-hydrogen) atoms. The second kappa shape index (κ2) is 8.21. The molecule has 0 aromatic heterocycles. The lowest BCUT2D eigenvalue weighted by Crippen LogP contribution is -2.56. The quantitative estimate of drug-likeness (QED) is 0.233. The van der Waals surface area contributed by atoms with Gasteiger partial charge >= 0.3 is 13.1 Å². The van der Waals surface area contributed by atoms with Crippen LogP contribution < -0.4 is 10.9 Å². The first-order chi connectivity index (χ1) is 9.40. The standard InChI is InChI=1S/C11H24BN3O4S/c13-11(10(16)17,5-1-2-6-12(18)19)9-3-7-15(20-14)8-4-9/h9,18-19H,1-8,13-14H2,(H,16,17). The molecule has 1 fully saturated rings. The van der Waals surface area contributed by atoms with Crippen LogP contribution in [0.15, 0.2) is 0 Å². The van der Waals surface area contributed by atoms with Gasteiger partial charge in [-0.1, -0.05) is 12.8 Å². The number of unbranched alkanes of at least 4 members (excludes halogenated alkanes) is 1. The number of carbonyl (C=O) groups is 1. The fraction of sp³-hybridized carbons (Fsp3) is 0.909. The highest BCUT2D eigenvalue weighted by Gasteiger charge is 2.42. The van der Waals surface area contributed by atoms with Crippen LogP contribution in [0.4, 0.5) is 0 Å². The van der Waals surface area contributed by atoms with Crippen molar-refractivity contribution in [2.24, 2.45) is 16.8 Å². The predicted octanol–water partition coefficient (Wildman–Crippen LogP) is -0.354. The van der Waals surface area contributed by atoms with E-state index in [1.165, 1.54) is 12.1 Å². The van der Waals surface area contributed by atoms with E-state index in [9.17, 15) is 9.90 Å². The van der Waals surface area contributed by atoms with Crippen LogP contribution in [-0.2, 0) is 4.79 Å². The van der Waals surface area contributed by atoms with Crippen molar-refractivity contribution in [3.05, 3.63) is 0 Å². The maximum atomic E-state index is 11.5. The molecule has 0 amide bonds. The van der Waals surface area contributed by atoms with E-state index < -0.39 is 18.6 Å². The van der Waals surface area contributed by atoms with Crippen molar-refractivity contribution < 1.29 is 19.9 Å². The van der Waals surface area contributed by atoms with Crippen molar-refractivity contribution in [1.29, 1.82) is 0 Å². The first kappa shape index (κ1) is 17.7. The van der Waals surface area contributed by atoms with Gasteiger partial charge < -0.3 is 20.9 Å². The maximum Gasteiger partial charge on any atom is 0.451 e. The highest BCUT2D eigenvalue weighted by molar-refractivity contribution is 7.94. The third kappa shape index (κ3) is 4.90. The Hall–Kier alpha value is -0.315. The lowest BCUT2D eigenvalue weighted by Gasteiger charge is -2.39. The van der Waals surface area contributed by atoms with Gasteiger partial charge in [-0.2, -0.15) is 0 Å². The molecule has 0 bridgehead atoms. The molecule has 1 aliphatic heterocycles. The summed E-state index contributed by atoms with van der Waals surface area (Å²) < 4.78 is 2.00. The van der Waals surface area contributed by atoms with Crippen LogP contribution >= 0.6 is 12.1 Å². The fourth-order valence-corrected chi connectivity index (χ4v) is 3.13. The number of nitrogens with two attached hydrogens (primary N) is 2. The zero-order chi connectivity index (χ0) is 15.2. The van der Waals surface area contributed by atoms with Gasteiger partial charge in [0, 0.05) is 25.2 Å². The Balaban J connectivity index is 2.51. The average Bonchev–Trinajstić information content (AvgIpc) is 2.43. The summed E-state index contributed by atoms with van der Waals surface area (Å²) in [4.78, 5) is 11.5. The average molecular weight is 305 g/mol. The molecule has 0 saturated carbocycles. The lowest BCUT2D eigenvalue weighted by molar-refractivity contribution is -0.146. The molecule has 9 heteroatoms. The lowest BCUT2D eigenvalue weighted by atomic mass is 9.74. The van der Waals surface area contributed by atoms with Gasteiger partial charge in [-0.3, -0.25) is 9.93 Å². The van der Waals surface area contributed by atoms with Gasteiger partial charge in [0.2, 0.25) is 0 Å². The van der Waals surface area contributed by atoms with Crippen LogP contribution in [0.25, 0.3) is 0 Å². The molecule has 0 aromatic carbocycles. The Morgan fingerprint density at radius 2 is 1.95 bits per heavy atom. The fourth-order valence-electron chi connectivity index (χ4n) is 2.71. The molecular weight excluding hydrogens is 281 g/mol. The van der Waals surface area contributed by atoms with E-state index in [0.29, 0.717) is 19.3 Å². The number of carboxylic acid groups (broad SMARTS) is 1. The maximum absolute atomic E-state index is 11.5. The van der Waals surface area contributed by atoms with Gasteiger partial charge in [-0.25, -0.2) is 4.31 Å². The molecule has 116 valence electrons. The van der Waals surface area contributed by atoms with Gasteiger partial charge in [-0.05, 0) is 31.5 Å². The molecule has 1 rings (SSSR count). The Morgan fingerprint density at radius 3 is 2.40 bits per heavy atom. The topological polar surface area (TPSA) is 133 Å². The van der Waals surface area contributed by atoms with Gasteiger partial charge in [0.15, 0.2) is 0 Å². The monoisotopic (exact) mass is 305 g/mol. The number of hydrogen-bond acceptors (Lipinski definition) is 7. The molecule has 1 heterocycles.